The molecule has 0 unspecified atom stereocenters. The number of aliphatic hydroxyl groups is 2. The monoisotopic (exact) mass is 185 g/mol. The highest BCUT2D eigenvalue weighted by Crippen LogP contribution is 2.32. The van der Waals surface area contributed by atoms with Crippen molar-refractivity contribution in [3.8, 4) is 0 Å². The SMILES string of the molecule is B[C@@H]1O[C@H](CO)[C@@H](O)[C@@]1(C)N=[N+]=[N-]. The van der Waals surface area contributed by atoms with Gasteiger partial charge >= 0.3 is 0 Å². The third kappa shape index (κ3) is 1.51. The lowest BCUT2D eigenvalue weighted by Gasteiger charge is -2.24. The van der Waals surface area contributed by atoms with E-state index in [4.69, 9.17) is 15.4 Å². The van der Waals surface area contributed by atoms with Crippen LogP contribution in [0.5, 0.6) is 0 Å². The summed E-state index contributed by atoms with van der Waals surface area (Å²) in [4.78, 5) is 2.66. The second-order valence-corrected chi connectivity index (χ2v) is 3.36. The highest BCUT2D eigenvalue weighted by atomic mass is 16.5. The van der Waals surface area contributed by atoms with E-state index in [0.29, 0.717) is 0 Å². The first-order valence-electron chi connectivity index (χ1n) is 4.07. The highest BCUT2D eigenvalue weighted by molar-refractivity contribution is 6.12. The van der Waals surface area contributed by atoms with Gasteiger partial charge in [-0.05, 0) is 12.5 Å². The van der Waals surface area contributed by atoms with E-state index in [1.165, 1.54) is 0 Å². The Balaban J connectivity index is 2.91. The minimum atomic E-state index is -0.984. The summed E-state index contributed by atoms with van der Waals surface area (Å²) in [5, 5.41) is 22.0. The summed E-state index contributed by atoms with van der Waals surface area (Å²) in [5.74, 6) is 0. The number of aliphatic hydroxyl groups excluding tert-OH is 2. The molecule has 1 rings (SSSR count). The maximum absolute atomic E-state index is 9.66. The highest BCUT2D eigenvalue weighted by Gasteiger charge is 2.49. The van der Waals surface area contributed by atoms with Crippen LogP contribution in [0.25, 0.3) is 10.4 Å². The number of azide groups is 1. The molecule has 72 valence electrons. The standard InChI is InChI=1S/C6H12BN3O3/c1-6(9-10-8)4(12)3(2-11)13-5(6)7/h3-5,11-12H,2,7H2,1H3/t3-,4-,5-,6-/m1/s1. The lowest BCUT2D eigenvalue weighted by molar-refractivity contribution is -0.00538. The fourth-order valence-electron chi connectivity index (χ4n) is 1.47. The first-order chi connectivity index (χ1) is 6.06. The molecule has 1 aliphatic heterocycles. The lowest BCUT2D eigenvalue weighted by Crippen LogP contribution is -2.44. The van der Waals surface area contributed by atoms with Crippen LogP contribution in [-0.4, -0.2) is 48.4 Å². The van der Waals surface area contributed by atoms with E-state index in [1.807, 2.05) is 0 Å². The molecule has 0 aromatic carbocycles. The Kier molecular flexibility index (Phi) is 2.82. The predicted octanol–water partition coefficient (Wildman–Crippen LogP) is -1.23. The number of rotatable bonds is 2. The molecule has 6 nitrogen and oxygen atoms in total. The normalized spacial score (nSPS) is 44.4. The van der Waals surface area contributed by atoms with Gasteiger partial charge in [-0.3, -0.25) is 0 Å². The molecule has 0 bridgehead atoms. The summed E-state index contributed by atoms with van der Waals surface area (Å²) in [5.41, 5.74) is 7.33. The van der Waals surface area contributed by atoms with Crippen LogP contribution in [0.3, 0.4) is 0 Å². The van der Waals surface area contributed by atoms with Crippen molar-refractivity contribution in [2.24, 2.45) is 5.11 Å². The molecule has 0 aliphatic carbocycles. The molecule has 0 aromatic rings. The van der Waals surface area contributed by atoms with Crippen molar-refractivity contribution in [1.82, 2.24) is 0 Å². The van der Waals surface area contributed by atoms with Gasteiger partial charge in [-0.2, -0.15) is 0 Å². The van der Waals surface area contributed by atoms with E-state index in [1.54, 1.807) is 14.8 Å². The average Bonchev–Trinajstić information content (AvgIpc) is 2.31. The van der Waals surface area contributed by atoms with E-state index in [9.17, 15) is 5.11 Å². The molecule has 0 spiro atoms. The van der Waals surface area contributed by atoms with Gasteiger partial charge in [0.1, 0.15) is 14.0 Å². The van der Waals surface area contributed by atoms with Crippen LogP contribution in [0.2, 0.25) is 0 Å². The van der Waals surface area contributed by atoms with Crippen LogP contribution in [-0.2, 0) is 4.74 Å². The molecular weight excluding hydrogens is 173 g/mol. The van der Waals surface area contributed by atoms with Crippen molar-refractivity contribution < 1.29 is 14.9 Å². The number of ether oxygens (including phenoxy) is 1. The molecule has 0 saturated carbocycles. The Morgan fingerprint density at radius 1 is 1.77 bits per heavy atom. The molecule has 0 amide bonds. The lowest BCUT2D eigenvalue weighted by atomic mass is 9.79. The van der Waals surface area contributed by atoms with Crippen LogP contribution in [0, 0.1) is 0 Å². The Morgan fingerprint density at radius 3 is 2.77 bits per heavy atom. The predicted molar refractivity (Wildman–Crippen MR) is 47.8 cm³/mol. The van der Waals surface area contributed by atoms with Gasteiger partial charge in [-0.1, -0.05) is 5.11 Å². The van der Waals surface area contributed by atoms with Crippen LogP contribution < -0.4 is 0 Å². The first kappa shape index (κ1) is 10.3. The van der Waals surface area contributed by atoms with Crippen LogP contribution in [0.1, 0.15) is 6.92 Å². The second-order valence-electron chi connectivity index (χ2n) is 3.36. The Morgan fingerprint density at radius 2 is 2.38 bits per heavy atom. The van der Waals surface area contributed by atoms with Gasteiger partial charge in [0.15, 0.2) is 0 Å². The van der Waals surface area contributed by atoms with E-state index in [0.717, 1.165) is 0 Å². The first-order valence-corrected chi connectivity index (χ1v) is 4.07. The molecule has 1 aliphatic rings. The summed E-state index contributed by atoms with van der Waals surface area (Å²) in [6.45, 7) is 1.33. The molecule has 2 N–H and O–H groups in total. The van der Waals surface area contributed by atoms with Crippen LogP contribution in [0.4, 0.5) is 0 Å². The summed E-state index contributed by atoms with van der Waals surface area (Å²) >= 11 is 0. The molecule has 0 aromatic heterocycles. The van der Waals surface area contributed by atoms with Gasteiger partial charge in [0.25, 0.3) is 0 Å². The van der Waals surface area contributed by atoms with Crippen molar-refractivity contribution in [2.75, 3.05) is 6.61 Å². The van der Waals surface area contributed by atoms with E-state index in [2.05, 4.69) is 10.0 Å². The van der Waals surface area contributed by atoms with Crippen molar-refractivity contribution in [2.45, 2.75) is 30.7 Å². The topological polar surface area (TPSA) is 98.5 Å². The van der Waals surface area contributed by atoms with Gasteiger partial charge in [0, 0.05) is 10.9 Å². The van der Waals surface area contributed by atoms with Crippen molar-refractivity contribution >= 4 is 7.85 Å². The molecule has 4 atom stereocenters. The molecule has 1 saturated heterocycles. The molecule has 1 heterocycles. The molecule has 7 heteroatoms. The van der Waals surface area contributed by atoms with E-state index in [-0.39, 0.29) is 6.61 Å². The van der Waals surface area contributed by atoms with E-state index >= 15 is 0 Å². The number of hydrogen-bond donors (Lipinski definition) is 2. The minimum absolute atomic E-state index is 0.276. The summed E-state index contributed by atoms with van der Waals surface area (Å²) in [7, 11) is 1.70. The number of nitrogens with zero attached hydrogens (tertiary/aromatic N) is 3. The van der Waals surface area contributed by atoms with E-state index < -0.39 is 23.8 Å². The van der Waals surface area contributed by atoms with Gasteiger partial charge in [-0.15, -0.1) is 0 Å². The zero-order chi connectivity index (χ0) is 10.1. The molecule has 13 heavy (non-hydrogen) atoms. The third-order valence-electron chi connectivity index (χ3n) is 2.59. The fourth-order valence-corrected chi connectivity index (χ4v) is 1.47. The molecular formula is C6H12BN3O3. The Hall–Kier alpha value is -0.745. The van der Waals surface area contributed by atoms with Gasteiger partial charge in [-0.25, -0.2) is 0 Å². The van der Waals surface area contributed by atoms with Gasteiger partial charge < -0.3 is 14.9 Å². The smallest absolute Gasteiger partial charge is 0.140 e. The summed E-state index contributed by atoms with van der Waals surface area (Å²) in [6, 6.07) is -0.393. The summed E-state index contributed by atoms with van der Waals surface area (Å²) < 4.78 is 5.23. The summed E-state index contributed by atoms with van der Waals surface area (Å²) in [6.07, 6.45) is -1.62. The maximum Gasteiger partial charge on any atom is 0.140 e. The Labute approximate surface area is 76.5 Å². The average molecular weight is 185 g/mol. The third-order valence-corrected chi connectivity index (χ3v) is 2.59. The molecule has 0 radical (unpaired) electrons. The maximum atomic E-state index is 9.66. The molecule has 1 fully saturated rings. The zero-order valence-electron chi connectivity index (χ0n) is 7.58. The zero-order valence-corrected chi connectivity index (χ0v) is 7.58. The fraction of sp³-hybridized carbons (Fsp3) is 1.00. The quantitative estimate of drug-likeness (QED) is 0.243. The Bertz CT molecular complexity index is 245. The van der Waals surface area contributed by atoms with Crippen molar-refractivity contribution in [1.29, 1.82) is 0 Å². The largest absolute Gasteiger partial charge is 0.394 e. The number of hydrogen-bond acceptors (Lipinski definition) is 4. The van der Waals surface area contributed by atoms with Gasteiger partial charge in [0.05, 0.1) is 18.2 Å². The minimum Gasteiger partial charge on any atom is -0.394 e. The van der Waals surface area contributed by atoms with Gasteiger partial charge in [0.2, 0.25) is 0 Å². The van der Waals surface area contributed by atoms with Crippen LogP contribution in [0.15, 0.2) is 5.11 Å². The van der Waals surface area contributed by atoms with Crippen molar-refractivity contribution in [3.63, 3.8) is 0 Å². The van der Waals surface area contributed by atoms with Crippen LogP contribution >= 0.6 is 0 Å². The van der Waals surface area contributed by atoms with Crippen molar-refractivity contribution in [3.05, 3.63) is 10.4 Å². The second kappa shape index (κ2) is 3.55.